The number of nitrogens with zero attached hydrogens (tertiary/aromatic N) is 2. The lowest BCUT2D eigenvalue weighted by Gasteiger charge is -2.25. The van der Waals surface area contributed by atoms with Crippen LogP contribution in [0.1, 0.15) is 40.2 Å². The number of carbonyl (C=O) groups is 1. The van der Waals surface area contributed by atoms with Crippen LogP contribution in [0.5, 0.6) is 0 Å². The number of hydrogen-bond donors (Lipinski definition) is 0. The van der Waals surface area contributed by atoms with Gasteiger partial charge in [-0.2, -0.15) is 0 Å². The number of aryl methyl sites for hydroxylation is 2. The van der Waals surface area contributed by atoms with Crippen LogP contribution in [0, 0.1) is 6.92 Å². The Kier molecular flexibility index (Phi) is 8.01. The fourth-order valence-corrected chi connectivity index (χ4v) is 4.18. The van der Waals surface area contributed by atoms with Crippen molar-refractivity contribution in [2.75, 3.05) is 19.7 Å². The van der Waals surface area contributed by atoms with Gasteiger partial charge in [-0.3, -0.25) is 9.59 Å². The minimum Gasteiger partial charge on any atom is -0.376 e. The standard InChI is InChI=1S/C26H32N2O3/c1-4-15-27(16-5-2)26(30)25-23(14-13-21-10-7-6-8-11-21)28(20(3)18-24(25)29)19-22-12-9-17-31-22/h4-8,10-11,18,22H,1-2,9,12-17,19H2,3H3/t22-/m1/s1. The molecule has 3 rings (SSSR count). The molecule has 31 heavy (non-hydrogen) atoms. The van der Waals surface area contributed by atoms with Crippen molar-refractivity contribution in [3.63, 3.8) is 0 Å². The Hall–Kier alpha value is -2.92. The molecule has 0 aliphatic carbocycles. The largest absolute Gasteiger partial charge is 0.376 e. The highest BCUT2D eigenvalue weighted by Crippen LogP contribution is 2.20. The lowest BCUT2D eigenvalue weighted by atomic mass is 10.0. The molecule has 164 valence electrons. The van der Waals surface area contributed by atoms with Gasteiger partial charge >= 0.3 is 0 Å². The first-order valence-corrected chi connectivity index (χ1v) is 10.9. The number of carbonyl (C=O) groups excluding carboxylic acids is 1. The van der Waals surface area contributed by atoms with Crippen LogP contribution in [-0.2, 0) is 24.1 Å². The van der Waals surface area contributed by atoms with Crippen LogP contribution in [0.4, 0.5) is 0 Å². The highest BCUT2D eigenvalue weighted by Gasteiger charge is 2.26. The van der Waals surface area contributed by atoms with Gasteiger partial charge in [0.2, 0.25) is 0 Å². The van der Waals surface area contributed by atoms with Gasteiger partial charge in [0.1, 0.15) is 5.56 Å². The summed E-state index contributed by atoms with van der Waals surface area (Å²) in [5, 5.41) is 0. The molecule has 1 saturated heterocycles. The van der Waals surface area contributed by atoms with Gasteiger partial charge in [-0.25, -0.2) is 0 Å². The molecular formula is C26H32N2O3. The maximum Gasteiger partial charge on any atom is 0.260 e. The second-order valence-electron chi connectivity index (χ2n) is 7.99. The summed E-state index contributed by atoms with van der Waals surface area (Å²) in [4.78, 5) is 28.1. The molecule has 0 bridgehead atoms. The average molecular weight is 421 g/mol. The van der Waals surface area contributed by atoms with Crippen molar-refractivity contribution in [3.8, 4) is 0 Å². The normalized spacial score (nSPS) is 15.6. The zero-order chi connectivity index (χ0) is 22.2. The molecule has 5 heteroatoms. The highest BCUT2D eigenvalue weighted by atomic mass is 16.5. The van der Waals surface area contributed by atoms with Gasteiger partial charge in [-0.1, -0.05) is 42.5 Å². The fraction of sp³-hybridized carbons (Fsp3) is 0.385. The Balaban J connectivity index is 2.05. The second-order valence-corrected chi connectivity index (χ2v) is 7.99. The Bertz CT molecular complexity index is 962. The summed E-state index contributed by atoms with van der Waals surface area (Å²) in [6.45, 7) is 11.6. The maximum absolute atomic E-state index is 13.5. The number of pyridine rings is 1. The number of rotatable bonds is 10. The van der Waals surface area contributed by atoms with Crippen molar-refractivity contribution in [3.05, 3.63) is 94.4 Å². The number of benzene rings is 1. The molecular weight excluding hydrogens is 388 g/mol. The van der Waals surface area contributed by atoms with Crippen molar-refractivity contribution in [1.29, 1.82) is 0 Å². The van der Waals surface area contributed by atoms with Crippen LogP contribution in [0.15, 0.2) is 66.5 Å². The molecule has 1 aliphatic rings. The zero-order valence-corrected chi connectivity index (χ0v) is 18.4. The second kappa shape index (κ2) is 10.9. The Morgan fingerprint density at radius 2 is 1.90 bits per heavy atom. The lowest BCUT2D eigenvalue weighted by molar-refractivity contribution is 0.0783. The maximum atomic E-state index is 13.5. The molecule has 0 saturated carbocycles. The minimum absolute atomic E-state index is 0.108. The molecule has 1 aliphatic heterocycles. The van der Waals surface area contributed by atoms with E-state index in [2.05, 4.69) is 29.9 Å². The summed E-state index contributed by atoms with van der Waals surface area (Å²) in [7, 11) is 0. The van der Waals surface area contributed by atoms with E-state index < -0.39 is 0 Å². The van der Waals surface area contributed by atoms with E-state index >= 15 is 0 Å². The predicted molar refractivity (Wildman–Crippen MR) is 125 cm³/mol. The smallest absolute Gasteiger partial charge is 0.260 e. The Labute approximate surface area is 184 Å². The molecule has 1 aromatic heterocycles. The summed E-state index contributed by atoms with van der Waals surface area (Å²) >= 11 is 0. The summed E-state index contributed by atoms with van der Waals surface area (Å²) in [5.74, 6) is -0.269. The summed E-state index contributed by atoms with van der Waals surface area (Å²) in [6.07, 6.45) is 6.84. The van der Waals surface area contributed by atoms with Gasteiger partial charge in [-0.05, 0) is 38.2 Å². The first-order valence-electron chi connectivity index (χ1n) is 10.9. The minimum atomic E-state index is -0.269. The Morgan fingerprint density at radius 1 is 1.19 bits per heavy atom. The van der Waals surface area contributed by atoms with Gasteiger partial charge < -0.3 is 14.2 Å². The van der Waals surface area contributed by atoms with E-state index in [4.69, 9.17) is 4.74 Å². The molecule has 0 N–H and O–H groups in total. The van der Waals surface area contributed by atoms with Crippen molar-refractivity contribution in [2.24, 2.45) is 0 Å². The van der Waals surface area contributed by atoms with E-state index in [0.29, 0.717) is 26.1 Å². The monoisotopic (exact) mass is 420 g/mol. The van der Waals surface area contributed by atoms with E-state index in [-0.39, 0.29) is 23.0 Å². The van der Waals surface area contributed by atoms with Crippen molar-refractivity contribution in [1.82, 2.24) is 9.47 Å². The van der Waals surface area contributed by atoms with Crippen molar-refractivity contribution >= 4 is 5.91 Å². The number of ether oxygens (including phenoxy) is 1. The van der Waals surface area contributed by atoms with Gasteiger partial charge in [0, 0.05) is 43.7 Å². The summed E-state index contributed by atoms with van der Waals surface area (Å²) in [6, 6.07) is 11.7. The molecule has 1 atom stereocenters. The highest BCUT2D eigenvalue weighted by molar-refractivity contribution is 5.95. The lowest BCUT2D eigenvalue weighted by Crippen LogP contribution is -2.37. The topological polar surface area (TPSA) is 51.5 Å². The van der Waals surface area contributed by atoms with Crippen LogP contribution in [0.2, 0.25) is 0 Å². The van der Waals surface area contributed by atoms with Crippen molar-refractivity contribution in [2.45, 2.75) is 45.3 Å². The van der Waals surface area contributed by atoms with Crippen LogP contribution < -0.4 is 5.43 Å². The molecule has 1 aromatic carbocycles. The third-order valence-electron chi connectivity index (χ3n) is 5.73. The van der Waals surface area contributed by atoms with E-state index in [9.17, 15) is 9.59 Å². The molecule has 0 radical (unpaired) electrons. The van der Waals surface area contributed by atoms with E-state index in [1.54, 1.807) is 23.1 Å². The SMILES string of the molecule is C=CCN(CC=C)C(=O)c1c(CCc2ccccc2)n(C[C@H]2CCCO2)c(C)cc1=O. The summed E-state index contributed by atoms with van der Waals surface area (Å²) in [5.41, 5.74) is 2.84. The van der Waals surface area contributed by atoms with Crippen LogP contribution in [0.3, 0.4) is 0 Å². The van der Waals surface area contributed by atoms with Gasteiger partial charge in [0.25, 0.3) is 5.91 Å². The molecule has 1 amide bonds. The van der Waals surface area contributed by atoms with Gasteiger partial charge in [0.15, 0.2) is 5.43 Å². The molecule has 2 aromatic rings. The van der Waals surface area contributed by atoms with E-state index in [1.807, 2.05) is 25.1 Å². The third kappa shape index (κ3) is 5.61. The predicted octanol–water partition coefficient (Wildman–Crippen LogP) is 3.94. The van der Waals surface area contributed by atoms with Crippen LogP contribution >= 0.6 is 0 Å². The first-order chi connectivity index (χ1) is 15.0. The molecule has 0 unspecified atom stereocenters. The number of amides is 1. The molecule has 0 spiro atoms. The average Bonchev–Trinajstić information content (AvgIpc) is 3.28. The van der Waals surface area contributed by atoms with Gasteiger partial charge in [0.05, 0.1) is 6.10 Å². The number of aromatic nitrogens is 1. The van der Waals surface area contributed by atoms with Gasteiger partial charge in [-0.15, -0.1) is 13.2 Å². The molecule has 2 heterocycles. The summed E-state index contributed by atoms with van der Waals surface area (Å²) < 4.78 is 7.98. The van der Waals surface area contributed by atoms with Crippen molar-refractivity contribution < 1.29 is 9.53 Å². The van der Waals surface area contributed by atoms with E-state index in [1.165, 1.54) is 5.56 Å². The molecule has 1 fully saturated rings. The quantitative estimate of drug-likeness (QED) is 0.547. The third-order valence-corrected chi connectivity index (χ3v) is 5.73. The van der Waals surface area contributed by atoms with E-state index in [0.717, 1.165) is 37.3 Å². The van der Waals surface area contributed by atoms with Crippen LogP contribution in [0.25, 0.3) is 0 Å². The fourth-order valence-electron chi connectivity index (χ4n) is 4.18. The zero-order valence-electron chi connectivity index (χ0n) is 18.4. The van der Waals surface area contributed by atoms with Crippen LogP contribution in [-0.4, -0.2) is 41.2 Å². The Morgan fingerprint density at radius 3 is 2.52 bits per heavy atom. The molecule has 5 nitrogen and oxygen atoms in total. The number of hydrogen-bond acceptors (Lipinski definition) is 3. The first kappa shape index (κ1) is 22.8.